The molecule has 1 aliphatic rings. The van der Waals surface area contributed by atoms with Crippen molar-refractivity contribution in [1.29, 1.82) is 0 Å². The van der Waals surface area contributed by atoms with Gasteiger partial charge < -0.3 is 24.0 Å². The summed E-state index contributed by atoms with van der Waals surface area (Å²) >= 11 is 0. The van der Waals surface area contributed by atoms with E-state index in [1.54, 1.807) is 36.4 Å². The highest BCUT2D eigenvalue weighted by molar-refractivity contribution is 5.94. The van der Waals surface area contributed by atoms with E-state index in [0.717, 1.165) is 31.5 Å². The zero-order chi connectivity index (χ0) is 30.5. The summed E-state index contributed by atoms with van der Waals surface area (Å²) in [4.78, 5) is 31.0. The van der Waals surface area contributed by atoms with E-state index in [1.807, 2.05) is 35.2 Å². The molecule has 11 heteroatoms. The Morgan fingerprint density at radius 2 is 1.51 bits per heavy atom. The van der Waals surface area contributed by atoms with E-state index < -0.39 is 0 Å². The van der Waals surface area contributed by atoms with Gasteiger partial charge in [-0.15, -0.1) is 5.11 Å². The summed E-state index contributed by atoms with van der Waals surface area (Å²) in [6, 6.07) is 20.2. The quantitative estimate of drug-likeness (QED) is 0.262. The second kappa shape index (κ2) is 13.0. The van der Waals surface area contributed by atoms with E-state index in [1.165, 1.54) is 26.0 Å². The smallest absolute Gasteiger partial charge is 0.299 e. The van der Waals surface area contributed by atoms with Crippen LogP contribution in [0.25, 0.3) is 16.9 Å². The Labute approximate surface area is 250 Å². The number of methoxy groups -OCH3 is 3. The summed E-state index contributed by atoms with van der Waals surface area (Å²) in [5.41, 5.74) is 2.58. The van der Waals surface area contributed by atoms with Crippen molar-refractivity contribution in [2.45, 2.75) is 18.9 Å². The summed E-state index contributed by atoms with van der Waals surface area (Å²) in [6.45, 7) is 1.44. The number of nitrogens with zero attached hydrogens (tertiary/aromatic N) is 5. The Balaban J connectivity index is 1.46. The summed E-state index contributed by atoms with van der Waals surface area (Å²) in [7, 11) is 8.71. The molecule has 1 saturated heterocycles. The topological polar surface area (TPSA) is 114 Å². The summed E-state index contributed by atoms with van der Waals surface area (Å²) < 4.78 is 17.6. The molecule has 2 heterocycles. The van der Waals surface area contributed by atoms with Crippen LogP contribution in [0.5, 0.6) is 17.2 Å². The molecule has 1 amide bonds. The van der Waals surface area contributed by atoms with E-state index in [2.05, 4.69) is 34.3 Å². The molecule has 1 N–H and O–H groups in total. The maximum atomic E-state index is 13.7. The van der Waals surface area contributed by atoms with Crippen molar-refractivity contribution in [2.75, 3.05) is 48.5 Å². The first-order valence-corrected chi connectivity index (χ1v) is 14.0. The van der Waals surface area contributed by atoms with Crippen LogP contribution in [0.1, 0.15) is 23.2 Å². The van der Waals surface area contributed by atoms with Gasteiger partial charge in [0.15, 0.2) is 17.2 Å². The van der Waals surface area contributed by atoms with Crippen LogP contribution in [0, 0.1) is 0 Å². The van der Waals surface area contributed by atoms with Gasteiger partial charge in [0, 0.05) is 42.4 Å². The van der Waals surface area contributed by atoms with Gasteiger partial charge in [-0.05, 0) is 51.2 Å². The van der Waals surface area contributed by atoms with Crippen LogP contribution >= 0.6 is 0 Å². The zero-order valence-corrected chi connectivity index (χ0v) is 25.0. The average molecular weight is 585 g/mol. The lowest BCUT2D eigenvalue weighted by molar-refractivity contribution is 0.0663. The fraction of sp³-hybridized carbons (Fsp3) is 0.312. The number of aromatic nitrogens is 2. The first-order valence-electron chi connectivity index (χ1n) is 14.0. The molecule has 3 aromatic carbocycles. The molecular weight excluding hydrogens is 548 g/mol. The third-order valence-corrected chi connectivity index (χ3v) is 7.70. The van der Waals surface area contributed by atoms with Crippen LogP contribution < -0.4 is 19.8 Å². The fourth-order valence-corrected chi connectivity index (χ4v) is 5.26. The molecule has 0 saturated carbocycles. The van der Waals surface area contributed by atoms with E-state index in [4.69, 9.17) is 14.2 Å². The number of benzene rings is 3. The second-order valence-corrected chi connectivity index (χ2v) is 10.5. The fourth-order valence-electron chi connectivity index (χ4n) is 5.26. The van der Waals surface area contributed by atoms with Crippen molar-refractivity contribution in [3.63, 3.8) is 0 Å². The molecule has 224 valence electrons. The van der Waals surface area contributed by atoms with Crippen LogP contribution in [-0.2, 0) is 0 Å². The van der Waals surface area contributed by atoms with Gasteiger partial charge in [-0.3, -0.25) is 14.7 Å². The van der Waals surface area contributed by atoms with Gasteiger partial charge in [-0.2, -0.15) is 5.11 Å². The number of hydrogen-bond donors (Lipinski definition) is 1. The molecule has 5 rings (SSSR count). The normalized spacial score (nSPS) is 14.0. The third kappa shape index (κ3) is 6.17. The highest BCUT2D eigenvalue weighted by atomic mass is 16.5. The Kier molecular flexibility index (Phi) is 8.91. The number of hydrogen-bond acceptors (Lipinski definition) is 8. The van der Waals surface area contributed by atoms with Crippen molar-refractivity contribution in [2.24, 2.45) is 10.2 Å². The van der Waals surface area contributed by atoms with Crippen LogP contribution in [0.3, 0.4) is 0 Å². The number of piperidine rings is 1. The second-order valence-electron chi connectivity index (χ2n) is 10.5. The Morgan fingerprint density at radius 3 is 2.07 bits per heavy atom. The number of nitrogens with one attached hydrogen (secondary N) is 1. The van der Waals surface area contributed by atoms with Crippen LogP contribution in [0.15, 0.2) is 81.8 Å². The molecule has 0 spiro atoms. The number of aromatic amines is 1. The predicted octanol–water partition coefficient (Wildman–Crippen LogP) is 5.44. The number of amides is 1. The van der Waals surface area contributed by atoms with Gasteiger partial charge in [0.2, 0.25) is 5.75 Å². The SMILES string of the molecule is COc1cc(N=Nc2c(-c3ccccc3)[nH]n(-c3ccc(C(=O)N4CCC(N(C)C)CC4)cc3)c2=O)cc(OC)c1OC. The minimum absolute atomic E-state index is 0.00704. The molecule has 0 bridgehead atoms. The Bertz CT molecular complexity index is 1630. The first-order chi connectivity index (χ1) is 20.8. The molecule has 1 fully saturated rings. The van der Waals surface area contributed by atoms with Crippen molar-refractivity contribution in [3.8, 4) is 34.2 Å². The predicted molar refractivity (Wildman–Crippen MR) is 165 cm³/mol. The first kappa shape index (κ1) is 29.6. The molecule has 0 atom stereocenters. The van der Waals surface area contributed by atoms with Crippen molar-refractivity contribution < 1.29 is 19.0 Å². The molecule has 0 unspecified atom stereocenters. The van der Waals surface area contributed by atoms with Crippen molar-refractivity contribution in [3.05, 3.63) is 82.6 Å². The van der Waals surface area contributed by atoms with E-state index >= 15 is 0 Å². The molecule has 1 aliphatic heterocycles. The molecule has 11 nitrogen and oxygen atoms in total. The van der Waals surface area contributed by atoms with Crippen LogP contribution in [-0.4, -0.2) is 80.0 Å². The van der Waals surface area contributed by atoms with E-state index in [0.29, 0.717) is 45.9 Å². The number of carbonyl (C=O) groups is 1. The molecule has 1 aromatic heterocycles. The van der Waals surface area contributed by atoms with Gasteiger partial charge in [-0.1, -0.05) is 30.3 Å². The highest BCUT2D eigenvalue weighted by Crippen LogP contribution is 2.41. The molecule has 0 radical (unpaired) electrons. The van der Waals surface area contributed by atoms with Gasteiger partial charge in [0.1, 0.15) is 0 Å². The standard InChI is InChI=1S/C32H36N6O5/c1-36(2)24-15-17-37(18-16-24)31(39)22-11-13-25(14-12-22)38-32(40)29(28(35-38)21-9-7-6-8-10-21)34-33-23-19-26(41-3)30(43-5)27(20-23)42-4/h6-14,19-20,24,35H,15-18H2,1-5H3. The van der Waals surface area contributed by atoms with Gasteiger partial charge in [0.25, 0.3) is 11.5 Å². The summed E-state index contributed by atoms with van der Waals surface area (Å²) in [6.07, 6.45) is 1.90. The number of H-pyrrole nitrogens is 1. The largest absolute Gasteiger partial charge is 0.493 e. The minimum Gasteiger partial charge on any atom is -0.493 e. The van der Waals surface area contributed by atoms with E-state index in [-0.39, 0.29) is 17.2 Å². The van der Waals surface area contributed by atoms with Gasteiger partial charge in [-0.25, -0.2) is 4.68 Å². The van der Waals surface area contributed by atoms with Crippen molar-refractivity contribution in [1.82, 2.24) is 19.6 Å². The number of azo groups is 1. The average Bonchev–Trinajstić information content (AvgIpc) is 3.38. The highest BCUT2D eigenvalue weighted by Gasteiger charge is 2.25. The maximum absolute atomic E-state index is 13.7. The third-order valence-electron chi connectivity index (χ3n) is 7.70. The molecular formula is C32H36N6O5. The summed E-state index contributed by atoms with van der Waals surface area (Å²) in [5.74, 6) is 1.26. The zero-order valence-electron chi connectivity index (χ0n) is 25.0. The number of ether oxygens (including phenoxy) is 3. The lowest BCUT2D eigenvalue weighted by atomic mass is 10.0. The van der Waals surface area contributed by atoms with Crippen molar-refractivity contribution >= 4 is 17.3 Å². The van der Waals surface area contributed by atoms with Gasteiger partial charge >= 0.3 is 0 Å². The lowest BCUT2D eigenvalue weighted by Crippen LogP contribution is -2.44. The van der Waals surface area contributed by atoms with E-state index in [9.17, 15) is 9.59 Å². The monoisotopic (exact) mass is 584 g/mol. The molecule has 43 heavy (non-hydrogen) atoms. The maximum Gasteiger partial charge on any atom is 0.299 e. The van der Waals surface area contributed by atoms with Crippen LogP contribution in [0.4, 0.5) is 11.4 Å². The Morgan fingerprint density at radius 1 is 0.884 bits per heavy atom. The molecule has 0 aliphatic carbocycles. The van der Waals surface area contributed by atoms with Crippen LogP contribution in [0.2, 0.25) is 0 Å². The number of carbonyl (C=O) groups excluding carboxylic acids is 1. The lowest BCUT2D eigenvalue weighted by Gasteiger charge is -2.35. The van der Waals surface area contributed by atoms with Gasteiger partial charge in [0.05, 0.1) is 38.4 Å². The number of likely N-dealkylation sites (tertiary alicyclic amines) is 1. The number of rotatable bonds is 9. The summed E-state index contributed by atoms with van der Waals surface area (Å²) in [5, 5.41) is 11.9. The Hall–Kier alpha value is -4.90. The molecule has 4 aromatic rings. The minimum atomic E-state index is -0.389.